The van der Waals surface area contributed by atoms with E-state index in [0.29, 0.717) is 25.9 Å². The zero-order valence-corrected chi connectivity index (χ0v) is 18.6. The molecule has 0 heterocycles. The van der Waals surface area contributed by atoms with Crippen LogP contribution >= 0.6 is 0 Å². The molecule has 0 aliphatic heterocycles. The zero-order chi connectivity index (χ0) is 21.7. The van der Waals surface area contributed by atoms with Gasteiger partial charge in [-0.2, -0.15) is 0 Å². The first-order valence-corrected chi connectivity index (χ1v) is 10.8. The predicted octanol–water partition coefficient (Wildman–Crippen LogP) is 4.22. The number of alkyl carbamates (subject to hydrolysis) is 1. The minimum Gasteiger partial charge on any atom is -0.445 e. The molecule has 1 aromatic carbocycles. The summed E-state index contributed by atoms with van der Waals surface area (Å²) < 4.78 is 11.2. The van der Waals surface area contributed by atoms with Crippen LogP contribution in [0.2, 0.25) is 0 Å². The van der Waals surface area contributed by atoms with Gasteiger partial charge in [-0.05, 0) is 38.2 Å². The Hall–Kier alpha value is -1.92. The Labute approximate surface area is 175 Å². The molecule has 1 atom stereocenters. The smallest absolute Gasteiger partial charge is 0.407 e. The van der Waals surface area contributed by atoms with Gasteiger partial charge in [0.05, 0.1) is 11.6 Å². The molecule has 0 saturated heterocycles. The summed E-state index contributed by atoms with van der Waals surface area (Å²) in [5.41, 5.74) is 0.287. The second-order valence-electron chi connectivity index (χ2n) is 7.29. The molecule has 29 heavy (non-hydrogen) atoms. The monoisotopic (exact) mass is 406 g/mol. The lowest BCUT2D eigenvalue weighted by molar-refractivity contribution is -0.140. The summed E-state index contributed by atoms with van der Waals surface area (Å²) in [7, 11) is 0. The summed E-state index contributed by atoms with van der Waals surface area (Å²) in [6, 6.07) is 9.53. The second-order valence-corrected chi connectivity index (χ2v) is 7.29. The maximum absolute atomic E-state index is 13.1. The molecule has 0 saturated carbocycles. The van der Waals surface area contributed by atoms with Crippen molar-refractivity contribution in [3.8, 4) is 0 Å². The van der Waals surface area contributed by atoms with Crippen molar-refractivity contribution in [1.82, 2.24) is 10.6 Å². The highest BCUT2D eigenvalue weighted by Gasteiger charge is 2.37. The average Bonchev–Trinajstić information content (AvgIpc) is 2.76. The number of benzene rings is 1. The van der Waals surface area contributed by atoms with Crippen LogP contribution in [0.4, 0.5) is 4.79 Å². The number of carbonyl (C=O) groups is 2. The minimum absolute atomic E-state index is 0.0704. The van der Waals surface area contributed by atoms with Gasteiger partial charge >= 0.3 is 6.09 Å². The van der Waals surface area contributed by atoms with Crippen LogP contribution in [-0.4, -0.2) is 42.7 Å². The third-order valence-corrected chi connectivity index (χ3v) is 5.43. The number of hydrogen-bond acceptors (Lipinski definition) is 5. The Morgan fingerprint density at radius 1 is 1.00 bits per heavy atom. The molecule has 0 fully saturated rings. The van der Waals surface area contributed by atoms with Crippen LogP contribution in [0.3, 0.4) is 0 Å². The first-order chi connectivity index (χ1) is 13.9. The number of ketones is 1. The van der Waals surface area contributed by atoms with Crippen LogP contribution in [0.25, 0.3) is 0 Å². The van der Waals surface area contributed by atoms with Crippen molar-refractivity contribution in [1.29, 1.82) is 0 Å². The first kappa shape index (κ1) is 25.1. The van der Waals surface area contributed by atoms with E-state index in [0.717, 1.165) is 18.4 Å². The standard InChI is InChI=1S/C23H38N2O4/c1-6-20(7-2)29-18(5)21(26)23(8-3,9-4)25-16-15-24-22(27)28-17-19-13-11-10-12-14-19/h10-14,18,20,25H,6-9,15-17H2,1-5H3,(H,24,27)/t18-/m1/s1. The third kappa shape index (κ3) is 8.15. The van der Waals surface area contributed by atoms with E-state index in [4.69, 9.17) is 9.47 Å². The van der Waals surface area contributed by atoms with E-state index in [1.165, 1.54) is 0 Å². The predicted molar refractivity (Wildman–Crippen MR) is 116 cm³/mol. The van der Waals surface area contributed by atoms with E-state index in [1.54, 1.807) is 0 Å². The maximum atomic E-state index is 13.1. The number of Topliss-reactive ketones (excluding diaryl/α,β-unsaturated/α-hetero) is 1. The fraction of sp³-hybridized carbons (Fsp3) is 0.652. The molecule has 0 aromatic heterocycles. The van der Waals surface area contributed by atoms with Crippen molar-refractivity contribution in [3.05, 3.63) is 35.9 Å². The molecule has 2 N–H and O–H groups in total. The summed E-state index contributed by atoms with van der Waals surface area (Å²) in [6.45, 7) is 11.1. The zero-order valence-electron chi connectivity index (χ0n) is 18.6. The Morgan fingerprint density at radius 3 is 2.17 bits per heavy atom. The van der Waals surface area contributed by atoms with E-state index >= 15 is 0 Å². The summed E-state index contributed by atoms with van der Waals surface area (Å²) in [5.74, 6) is 0.0704. The van der Waals surface area contributed by atoms with Crippen LogP contribution in [-0.2, 0) is 20.9 Å². The summed E-state index contributed by atoms with van der Waals surface area (Å²) in [5, 5.41) is 6.08. The van der Waals surface area contributed by atoms with Crippen LogP contribution in [0, 0.1) is 0 Å². The number of rotatable bonds is 14. The molecule has 0 aliphatic rings. The lowest BCUT2D eigenvalue weighted by Crippen LogP contribution is -2.56. The highest BCUT2D eigenvalue weighted by molar-refractivity contribution is 5.92. The van der Waals surface area contributed by atoms with Crippen molar-refractivity contribution in [2.75, 3.05) is 13.1 Å². The second kappa shape index (κ2) is 13.3. The Balaban J connectivity index is 2.47. The lowest BCUT2D eigenvalue weighted by Gasteiger charge is -2.34. The van der Waals surface area contributed by atoms with Gasteiger partial charge in [-0.15, -0.1) is 0 Å². The molecule has 0 unspecified atom stereocenters. The third-order valence-electron chi connectivity index (χ3n) is 5.43. The van der Waals surface area contributed by atoms with Crippen LogP contribution in [0.5, 0.6) is 0 Å². The Bertz CT molecular complexity index is 598. The Morgan fingerprint density at radius 2 is 1.62 bits per heavy atom. The fourth-order valence-electron chi connectivity index (χ4n) is 3.40. The maximum Gasteiger partial charge on any atom is 0.407 e. The van der Waals surface area contributed by atoms with E-state index in [9.17, 15) is 9.59 Å². The van der Waals surface area contributed by atoms with Crippen LogP contribution in [0.15, 0.2) is 30.3 Å². The highest BCUT2D eigenvalue weighted by atomic mass is 16.5. The topological polar surface area (TPSA) is 76.7 Å². The molecule has 0 aliphatic carbocycles. The van der Waals surface area contributed by atoms with Gasteiger partial charge in [0.1, 0.15) is 12.7 Å². The van der Waals surface area contributed by atoms with E-state index < -0.39 is 17.7 Å². The summed E-state index contributed by atoms with van der Waals surface area (Å²) in [6.07, 6.45) is 2.28. The van der Waals surface area contributed by atoms with Gasteiger partial charge in [-0.3, -0.25) is 4.79 Å². The van der Waals surface area contributed by atoms with Gasteiger partial charge in [0.25, 0.3) is 0 Å². The quantitative estimate of drug-likeness (QED) is 0.452. The molecular weight excluding hydrogens is 368 g/mol. The SMILES string of the molecule is CCC(CC)O[C@H](C)C(=O)C(CC)(CC)NCCNC(=O)OCc1ccccc1. The first-order valence-electron chi connectivity index (χ1n) is 10.8. The number of amides is 1. The number of nitrogens with one attached hydrogen (secondary N) is 2. The molecule has 0 radical (unpaired) electrons. The molecule has 1 amide bonds. The number of ether oxygens (including phenoxy) is 2. The minimum atomic E-state index is -0.652. The largest absolute Gasteiger partial charge is 0.445 e. The van der Waals surface area contributed by atoms with Crippen LogP contribution < -0.4 is 10.6 Å². The fourth-order valence-corrected chi connectivity index (χ4v) is 3.40. The van der Waals surface area contributed by atoms with E-state index in [-0.39, 0.29) is 18.5 Å². The van der Waals surface area contributed by atoms with Crippen molar-refractivity contribution in [2.45, 2.75) is 84.7 Å². The van der Waals surface area contributed by atoms with Crippen molar-refractivity contribution in [2.24, 2.45) is 0 Å². The van der Waals surface area contributed by atoms with Gasteiger partial charge in [0.15, 0.2) is 5.78 Å². The molecule has 6 nitrogen and oxygen atoms in total. The molecule has 164 valence electrons. The van der Waals surface area contributed by atoms with Gasteiger partial charge in [-0.1, -0.05) is 58.0 Å². The molecular formula is C23H38N2O4. The van der Waals surface area contributed by atoms with Gasteiger partial charge in [0.2, 0.25) is 0 Å². The summed E-state index contributed by atoms with van der Waals surface area (Å²) in [4.78, 5) is 24.9. The van der Waals surface area contributed by atoms with E-state index in [1.807, 2.05) is 51.1 Å². The Kier molecular flexibility index (Phi) is 11.5. The lowest BCUT2D eigenvalue weighted by atomic mass is 9.85. The van der Waals surface area contributed by atoms with Crippen molar-refractivity contribution in [3.63, 3.8) is 0 Å². The highest BCUT2D eigenvalue weighted by Crippen LogP contribution is 2.21. The van der Waals surface area contributed by atoms with Crippen molar-refractivity contribution >= 4 is 11.9 Å². The van der Waals surface area contributed by atoms with Crippen molar-refractivity contribution < 1.29 is 19.1 Å². The average molecular weight is 407 g/mol. The molecule has 0 bridgehead atoms. The number of hydrogen-bond donors (Lipinski definition) is 2. The molecule has 0 spiro atoms. The molecule has 1 rings (SSSR count). The van der Waals surface area contributed by atoms with Gasteiger partial charge in [-0.25, -0.2) is 4.79 Å². The molecule has 6 heteroatoms. The summed E-state index contributed by atoms with van der Waals surface area (Å²) >= 11 is 0. The number of carbonyl (C=O) groups excluding carboxylic acids is 2. The van der Waals surface area contributed by atoms with E-state index in [2.05, 4.69) is 24.5 Å². The normalized spacial score (nSPS) is 12.6. The van der Waals surface area contributed by atoms with Gasteiger partial charge < -0.3 is 20.1 Å². The molecule has 1 aromatic rings. The van der Waals surface area contributed by atoms with Gasteiger partial charge in [0, 0.05) is 13.1 Å². The van der Waals surface area contributed by atoms with Crippen LogP contribution in [0.1, 0.15) is 65.9 Å².